The number of aryl methyl sites for hydroxylation is 1. The van der Waals surface area contributed by atoms with Gasteiger partial charge in [0.25, 0.3) is 5.91 Å². The molecule has 0 spiro atoms. The van der Waals surface area contributed by atoms with E-state index in [2.05, 4.69) is 5.32 Å². The Balaban J connectivity index is 1.47. The van der Waals surface area contributed by atoms with Gasteiger partial charge in [-0.2, -0.15) is 0 Å². The van der Waals surface area contributed by atoms with Gasteiger partial charge in [-0.05, 0) is 49.6 Å². The summed E-state index contributed by atoms with van der Waals surface area (Å²) in [4.78, 5) is 33.7. The molecule has 5 nitrogen and oxygen atoms in total. The molecule has 34 heavy (non-hydrogen) atoms. The van der Waals surface area contributed by atoms with E-state index in [1.807, 2.05) is 31.2 Å². The number of hydrogen-bond acceptors (Lipinski definition) is 4. The van der Waals surface area contributed by atoms with Crippen molar-refractivity contribution >= 4 is 50.0 Å². The minimum atomic E-state index is -0.540. The number of amides is 2. The van der Waals surface area contributed by atoms with E-state index in [0.29, 0.717) is 4.88 Å². The predicted octanol–water partition coefficient (Wildman–Crippen LogP) is 5.99. The molecule has 174 valence electrons. The minimum absolute atomic E-state index is 0.0951. The van der Waals surface area contributed by atoms with Crippen LogP contribution in [0.1, 0.15) is 47.3 Å². The van der Waals surface area contributed by atoms with Gasteiger partial charge in [-0.15, -0.1) is 11.3 Å². The molecular weight excluding hydrogens is 449 g/mol. The van der Waals surface area contributed by atoms with E-state index in [1.165, 1.54) is 34.8 Å². The van der Waals surface area contributed by atoms with Crippen LogP contribution in [0, 0.1) is 12.7 Å². The van der Waals surface area contributed by atoms with Crippen LogP contribution in [0.3, 0.4) is 0 Å². The summed E-state index contributed by atoms with van der Waals surface area (Å²) in [5.41, 5.74) is 2.06. The molecule has 0 saturated heterocycles. The van der Waals surface area contributed by atoms with Crippen LogP contribution in [-0.2, 0) is 4.79 Å². The number of carbonyl (C=O) groups excluding carboxylic acids is 2. The van der Waals surface area contributed by atoms with E-state index in [1.54, 1.807) is 18.2 Å². The Labute approximate surface area is 201 Å². The highest BCUT2D eigenvalue weighted by Crippen LogP contribution is 2.31. The third-order valence-corrected chi connectivity index (χ3v) is 7.44. The van der Waals surface area contributed by atoms with Crippen LogP contribution in [0.2, 0.25) is 0 Å². The fourth-order valence-electron chi connectivity index (χ4n) is 4.65. The van der Waals surface area contributed by atoms with Crippen molar-refractivity contribution in [2.75, 3.05) is 11.4 Å². The molecule has 0 radical (unpaired) electrons. The number of hydrogen-bond donors (Lipinski definition) is 1. The first-order valence-electron chi connectivity index (χ1n) is 11.7. The number of fused-ring (bicyclic) bond motifs is 2. The van der Waals surface area contributed by atoms with Crippen molar-refractivity contribution in [1.29, 1.82) is 0 Å². The Bertz CT molecular complexity index is 1380. The van der Waals surface area contributed by atoms with E-state index in [-0.39, 0.29) is 24.2 Å². The third kappa shape index (κ3) is 4.53. The monoisotopic (exact) mass is 475 g/mol. The summed E-state index contributed by atoms with van der Waals surface area (Å²) in [6, 6.07) is 16.0. The Morgan fingerprint density at radius 3 is 2.65 bits per heavy atom. The zero-order chi connectivity index (χ0) is 23.7. The van der Waals surface area contributed by atoms with Gasteiger partial charge in [0.2, 0.25) is 5.91 Å². The number of aromatic nitrogens is 1. The summed E-state index contributed by atoms with van der Waals surface area (Å²) < 4.78 is 14.7. The Morgan fingerprint density at radius 1 is 1.06 bits per heavy atom. The van der Waals surface area contributed by atoms with Gasteiger partial charge in [0, 0.05) is 16.8 Å². The van der Waals surface area contributed by atoms with E-state index in [0.717, 1.165) is 52.4 Å². The SMILES string of the molecule is Cc1cccc2cc3cc(C(=O)N(CC(=O)NC4CCCCC4)c4ccccc4F)sc3nc12. The van der Waals surface area contributed by atoms with Crippen molar-refractivity contribution in [3.05, 3.63) is 70.9 Å². The number of thiophene rings is 1. The second-order valence-corrected chi connectivity index (χ2v) is 9.92. The van der Waals surface area contributed by atoms with E-state index in [4.69, 9.17) is 4.98 Å². The molecule has 0 unspecified atom stereocenters. The molecule has 0 bridgehead atoms. The number of carbonyl (C=O) groups is 2. The first kappa shape index (κ1) is 22.5. The average molecular weight is 476 g/mol. The molecule has 1 saturated carbocycles. The van der Waals surface area contributed by atoms with Crippen molar-refractivity contribution in [1.82, 2.24) is 10.3 Å². The van der Waals surface area contributed by atoms with Crippen LogP contribution in [-0.4, -0.2) is 29.4 Å². The Hall–Kier alpha value is -3.32. The lowest BCUT2D eigenvalue weighted by atomic mass is 9.95. The highest BCUT2D eigenvalue weighted by Gasteiger charge is 2.26. The highest BCUT2D eigenvalue weighted by atomic mass is 32.1. The predicted molar refractivity (Wildman–Crippen MR) is 135 cm³/mol. The van der Waals surface area contributed by atoms with Crippen LogP contribution < -0.4 is 10.2 Å². The maximum Gasteiger partial charge on any atom is 0.269 e. The molecule has 5 rings (SSSR count). The van der Waals surface area contributed by atoms with Gasteiger partial charge in [0.15, 0.2) is 0 Å². The summed E-state index contributed by atoms with van der Waals surface area (Å²) in [5, 5.41) is 4.89. The zero-order valence-corrected chi connectivity index (χ0v) is 19.8. The van der Waals surface area contributed by atoms with Gasteiger partial charge < -0.3 is 5.32 Å². The third-order valence-electron chi connectivity index (χ3n) is 6.40. The van der Waals surface area contributed by atoms with Gasteiger partial charge in [0.05, 0.1) is 16.1 Å². The summed E-state index contributed by atoms with van der Waals surface area (Å²) in [6.07, 6.45) is 5.23. The van der Waals surface area contributed by atoms with E-state index in [9.17, 15) is 14.0 Å². The fourth-order valence-corrected chi connectivity index (χ4v) is 5.61. The molecule has 1 fully saturated rings. The largest absolute Gasteiger partial charge is 0.352 e. The quantitative estimate of drug-likeness (QED) is 0.385. The number of nitrogens with zero attached hydrogens (tertiary/aromatic N) is 2. The Kier molecular flexibility index (Phi) is 6.28. The molecule has 0 atom stereocenters. The second-order valence-electron chi connectivity index (χ2n) is 8.89. The number of para-hydroxylation sites is 2. The summed E-state index contributed by atoms with van der Waals surface area (Å²) in [5.74, 6) is -1.22. The molecule has 2 amide bonds. The van der Waals surface area contributed by atoms with Crippen LogP contribution in [0.25, 0.3) is 21.1 Å². The lowest BCUT2D eigenvalue weighted by Crippen LogP contribution is -2.45. The molecule has 1 N–H and O–H groups in total. The van der Waals surface area contributed by atoms with E-state index >= 15 is 0 Å². The van der Waals surface area contributed by atoms with E-state index < -0.39 is 11.7 Å². The first-order valence-corrected chi connectivity index (χ1v) is 12.5. The number of rotatable bonds is 5. The minimum Gasteiger partial charge on any atom is -0.352 e. The topological polar surface area (TPSA) is 62.3 Å². The Morgan fingerprint density at radius 2 is 1.85 bits per heavy atom. The fraction of sp³-hybridized carbons (Fsp3) is 0.296. The van der Waals surface area contributed by atoms with Gasteiger partial charge in [-0.3, -0.25) is 14.5 Å². The van der Waals surface area contributed by atoms with Gasteiger partial charge in [-0.1, -0.05) is 49.6 Å². The van der Waals surface area contributed by atoms with Gasteiger partial charge in [-0.25, -0.2) is 9.37 Å². The van der Waals surface area contributed by atoms with Crippen molar-refractivity contribution < 1.29 is 14.0 Å². The van der Waals surface area contributed by atoms with Crippen molar-refractivity contribution in [2.45, 2.75) is 45.1 Å². The van der Waals surface area contributed by atoms with Crippen LogP contribution in [0.5, 0.6) is 0 Å². The number of benzene rings is 2. The first-order chi connectivity index (χ1) is 16.5. The second kappa shape index (κ2) is 9.50. The molecule has 2 aromatic heterocycles. The summed E-state index contributed by atoms with van der Waals surface area (Å²) >= 11 is 1.26. The molecule has 0 aliphatic heterocycles. The van der Waals surface area contributed by atoms with Crippen LogP contribution in [0.15, 0.2) is 54.6 Å². The number of pyridine rings is 1. The zero-order valence-electron chi connectivity index (χ0n) is 19.0. The molecular formula is C27H26FN3O2S. The maximum absolute atomic E-state index is 14.7. The van der Waals surface area contributed by atoms with Crippen molar-refractivity contribution in [2.24, 2.45) is 0 Å². The molecule has 2 aromatic carbocycles. The van der Waals surface area contributed by atoms with Gasteiger partial charge in [0.1, 0.15) is 17.2 Å². The smallest absolute Gasteiger partial charge is 0.269 e. The molecule has 4 aromatic rings. The number of anilines is 1. The number of halogens is 1. The van der Waals surface area contributed by atoms with Crippen LogP contribution in [0.4, 0.5) is 10.1 Å². The normalized spacial score (nSPS) is 14.4. The molecule has 1 aliphatic rings. The number of nitrogens with one attached hydrogen (secondary N) is 1. The standard InChI is InChI=1S/C27H26FN3O2S/c1-17-8-7-9-18-14-19-15-23(34-26(19)30-25(17)18)27(33)31(22-13-6-5-12-21(22)28)16-24(32)29-20-10-3-2-4-11-20/h5-9,12-15,20H,2-4,10-11,16H2,1H3,(H,29,32). The molecule has 1 aliphatic carbocycles. The maximum atomic E-state index is 14.7. The average Bonchev–Trinajstić information content (AvgIpc) is 3.25. The summed E-state index contributed by atoms with van der Waals surface area (Å²) in [7, 11) is 0. The van der Waals surface area contributed by atoms with Crippen LogP contribution >= 0.6 is 11.3 Å². The summed E-state index contributed by atoms with van der Waals surface area (Å²) in [6.45, 7) is 1.77. The van der Waals surface area contributed by atoms with Gasteiger partial charge >= 0.3 is 0 Å². The molecule has 2 heterocycles. The highest BCUT2D eigenvalue weighted by molar-refractivity contribution is 7.20. The van der Waals surface area contributed by atoms with Crippen molar-refractivity contribution in [3.63, 3.8) is 0 Å². The van der Waals surface area contributed by atoms with Crippen molar-refractivity contribution in [3.8, 4) is 0 Å². The lowest BCUT2D eigenvalue weighted by molar-refractivity contribution is -0.120. The molecule has 7 heteroatoms. The lowest BCUT2D eigenvalue weighted by Gasteiger charge is -2.26.